The minimum Gasteiger partial charge on any atom is -0.352 e. The minimum absolute atomic E-state index is 0.141. The topological polar surface area (TPSA) is 90.0 Å². The molecule has 3 aromatic rings. The maximum Gasteiger partial charge on any atom is 0.304 e. The van der Waals surface area contributed by atoms with Gasteiger partial charge in [-0.3, -0.25) is 9.59 Å². The highest BCUT2D eigenvalue weighted by molar-refractivity contribution is 7.90. The molecule has 9 heteroatoms. The molecule has 3 rings (SSSR count). The summed E-state index contributed by atoms with van der Waals surface area (Å²) in [6.07, 6.45) is 0.279. The van der Waals surface area contributed by atoms with Crippen LogP contribution in [-0.2, 0) is 32.8 Å². The van der Waals surface area contributed by atoms with Crippen molar-refractivity contribution < 1.29 is 18.0 Å². The van der Waals surface area contributed by atoms with Crippen molar-refractivity contribution in [2.45, 2.75) is 59.7 Å². The summed E-state index contributed by atoms with van der Waals surface area (Å²) in [6, 6.07) is 21.8. The Morgan fingerprint density at radius 3 is 2.02 bits per heavy atom. The van der Waals surface area contributed by atoms with E-state index in [9.17, 15) is 18.0 Å². The number of hydrogen-bond acceptors (Lipinski definition) is 4. The summed E-state index contributed by atoms with van der Waals surface area (Å²) < 4.78 is 29.4. The zero-order chi connectivity index (χ0) is 30.3. The highest BCUT2D eigenvalue weighted by Gasteiger charge is 2.35. The zero-order valence-corrected chi connectivity index (χ0v) is 25.9. The van der Waals surface area contributed by atoms with Crippen LogP contribution in [-0.4, -0.2) is 62.2 Å². The van der Waals surface area contributed by atoms with Crippen LogP contribution in [0.25, 0.3) is 0 Å². The lowest BCUT2D eigenvalue weighted by atomic mass is 10.0. The van der Waals surface area contributed by atoms with E-state index in [-0.39, 0.29) is 24.9 Å². The number of carbonyl (C=O) groups is 2. The predicted octanol–water partition coefficient (Wildman–Crippen LogP) is 4.39. The largest absolute Gasteiger partial charge is 0.352 e. The van der Waals surface area contributed by atoms with Gasteiger partial charge in [-0.25, -0.2) is 4.31 Å². The third kappa shape index (κ3) is 8.41. The first-order valence-electron chi connectivity index (χ1n) is 13.8. The van der Waals surface area contributed by atoms with Crippen LogP contribution in [0.15, 0.2) is 72.8 Å². The summed E-state index contributed by atoms with van der Waals surface area (Å²) in [5.74, 6) is -0.769. The molecule has 8 nitrogen and oxygen atoms in total. The lowest BCUT2D eigenvalue weighted by molar-refractivity contribution is -0.140. The van der Waals surface area contributed by atoms with Gasteiger partial charge in [0.05, 0.1) is 5.69 Å². The van der Waals surface area contributed by atoms with Crippen molar-refractivity contribution in [3.05, 3.63) is 101 Å². The van der Waals surface area contributed by atoms with Crippen LogP contribution in [0.3, 0.4) is 0 Å². The van der Waals surface area contributed by atoms with Crippen LogP contribution in [0.4, 0.5) is 5.69 Å². The molecule has 2 amide bonds. The van der Waals surface area contributed by atoms with Gasteiger partial charge < -0.3 is 10.2 Å². The van der Waals surface area contributed by atoms with Crippen LogP contribution >= 0.6 is 0 Å². The molecule has 1 atom stereocenters. The lowest BCUT2D eigenvalue weighted by Crippen LogP contribution is -2.55. The second-order valence-electron chi connectivity index (χ2n) is 11.0. The van der Waals surface area contributed by atoms with Crippen LogP contribution in [0.1, 0.15) is 41.7 Å². The smallest absolute Gasteiger partial charge is 0.304 e. The number of rotatable bonds is 12. The Bertz CT molecular complexity index is 1440. The summed E-state index contributed by atoms with van der Waals surface area (Å²) in [6.45, 7) is 9.10. The van der Waals surface area contributed by atoms with Gasteiger partial charge in [-0.1, -0.05) is 72.3 Å². The Labute approximate surface area is 245 Å². The molecule has 0 saturated heterocycles. The highest BCUT2D eigenvalue weighted by atomic mass is 32.2. The first-order valence-corrected chi connectivity index (χ1v) is 15.2. The molecule has 0 spiro atoms. The van der Waals surface area contributed by atoms with Crippen LogP contribution < -0.4 is 9.62 Å². The Morgan fingerprint density at radius 2 is 1.44 bits per heavy atom. The van der Waals surface area contributed by atoms with Crippen molar-refractivity contribution in [1.82, 2.24) is 14.5 Å². The van der Waals surface area contributed by atoms with E-state index in [0.717, 1.165) is 36.4 Å². The fourth-order valence-corrected chi connectivity index (χ4v) is 5.63. The maximum atomic E-state index is 14.3. The Morgan fingerprint density at radius 1 is 0.829 bits per heavy atom. The summed E-state index contributed by atoms with van der Waals surface area (Å²) >= 11 is 0. The quantitative estimate of drug-likeness (QED) is 0.345. The standard InChI is InChI=1S/C32H42N4O4S/c1-23(2)33-32(38)30(20-27-11-9-8-10-12-27)35(21-28-17-14-24(3)15-18-28)31(37)22-36(41(39,40)34(6)7)29-19-25(4)13-16-26(29)5/h8-19,23,30H,20-22H2,1-7H3,(H,33,38)/t30-/m1/s1. The maximum absolute atomic E-state index is 14.3. The van der Waals surface area contributed by atoms with E-state index in [1.54, 1.807) is 6.07 Å². The number of carbonyl (C=O) groups excluding carboxylic acids is 2. The Kier molecular flexibility index (Phi) is 10.7. The fraction of sp³-hybridized carbons (Fsp3) is 0.375. The van der Waals surface area contributed by atoms with E-state index >= 15 is 0 Å². The van der Waals surface area contributed by atoms with Crippen molar-refractivity contribution >= 4 is 27.7 Å². The first-order chi connectivity index (χ1) is 19.3. The number of nitrogens with one attached hydrogen (secondary N) is 1. The molecule has 0 aliphatic heterocycles. The SMILES string of the molecule is Cc1ccc(CN(C(=O)CN(c2cc(C)ccc2C)S(=O)(=O)N(C)C)[C@H](Cc2ccccc2)C(=O)NC(C)C)cc1. The fourth-order valence-electron chi connectivity index (χ4n) is 4.51. The van der Waals surface area contributed by atoms with E-state index in [1.165, 1.54) is 19.0 Å². The molecule has 0 fully saturated rings. The van der Waals surface area contributed by atoms with E-state index in [0.29, 0.717) is 5.69 Å². The predicted molar refractivity (Wildman–Crippen MR) is 165 cm³/mol. The van der Waals surface area contributed by atoms with Crippen molar-refractivity contribution in [3.63, 3.8) is 0 Å². The van der Waals surface area contributed by atoms with Gasteiger partial charge in [-0.05, 0) is 62.9 Å². The Balaban J connectivity index is 2.12. The summed E-state index contributed by atoms with van der Waals surface area (Å²) in [4.78, 5) is 29.5. The molecular weight excluding hydrogens is 536 g/mol. The molecule has 0 heterocycles. The number of nitrogens with zero attached hydrogens (tertiary/aromatic N) is 3. The highest BCUT2D eigenvalue weighted by Crippen LogP contribution is 2.26. The van der Waals surface area contributed by atoms with Gasteiger partial charge in [0.1, 0.15) is 12.6 Å². The van der Waals surface area contributed by atoms with Crippen molar-refractivity contribution in [1.29, 1.82) is 0 Å². The second-order valence-corrected chi connectivity index (χ2v) is 13.0. The average Bonchev–Trinajstić information content (AvgIpc) is 2.91. The summed E-state index contributed by atoms with van der Waals surface area (Å²) in [5.41, 5.74) is 4.82. The molecule has 0 aromatic heterocycles. The number of anilines is 1. The van der Waals surface area contributed by atoms with Gasteiger partial charge in [0.2, 0.25) is 11.8 Å². The van der Waals surface area contributed by atoms with Crippen LogP contribution in [0, 0.1) is 20.8 Å². The summed E-state index contributed by atoms with van der Waals surface area (Å²) in [5, 5.41) is 2.97. The molecule has 220 valence electrons. The van der Waals surface area contributed by atoms with E-state index < -0.39 is 28.7 Å². The third-order valence-electron chi connectivity index (χ3n) is 6.83. The number of benzene rings is 3. The number of amides is 2. The van der Waals surface area contributed by atoms with E-state index in [2.05, 4.69) is 5.32 Å². The van der Waals surface area contributed by atoms with Crippen molar-refractivity contribution in [3.8, 4) is 0 Å². The van der Waals surface area contributed by atoms with Crippen LogP contribution in [0.5, 0.6) is 0 Å². The molecule has 0 aliphatic rings. The molecule has 1 N–H and O–H groups in total. The lowest BCUT2D eigenvalue weighted by Gasteiger charge is -2.35. The molecule has 3 aromatic carbocycles. The van der Waals surface area contributed by atoms with Crippen molar-refractivity contribution in [2.24, 2.45) is 0 Å². The van der Waals surface area contributed by atoms with Gasteiger partial charge in [0.15, 0.2) is 0 Å². The third-order valence-corrected chi connectivity index (χ3v) is 8.63. The normalized spacial score (nSPS) is 12.3. The van der Waals surface area contributed by atoms with E-state index in [1.807, 2.05) is 101 Å². The van der Waals surface area contributed by atoms with Gasteiger partial charge in [0, 0.05) is 33.1 Å². The molecule has 0 saturated carbocycles. The minimum atomic E-state index is -4.04. The molecule has 41 heavy (non-hydrogen) atoms. The molecule has 0 bridgehead atoms. The zero-order valence-electron chi connectivity index (χ0n) is 25.1. The van der Waals surface area contributed by atoms with Gasteiger partial charge >= 0.3 is 10.2 Å². The number of aryl methyl sites for hydroxylation is 3. The van der Waals surface area contributed by atoms with Crippen molar-refractivity contribution in [2.75, 3.05) is 24.9 Å². The molecule has 0 unspecified atom stereocenters. The molecule has 0 radical (unpaired) electrons. The van der Waals surface area contributed by atoms with Gasteiger partial charge in [-0.15, -0.1) is 0 Å². The van der Waals surface area contributed by atoms with E-state index in [4.69, 9.17) is 0 Å². The number of hydrogen-bond donors (Lipinski definition) is 1. The second kappa shape index (κ2) is 13.8. The first kappa shape index (κ1) is 31.8. The van der Waals surface area contributed by atoms with Gasteiger partial charge in [0.25, 0.3) is 0 Å². The monoisotopic (exact) mass is 578 g/mol. The van der Waals surface area contributed by atoms with Crippen LogP contribution in [0.2, 0.25) is 0 Å². The van der Waals surface area contributed by atoms with Gasteiger partial charge in [-0.2, -0.15) is 12.7 Å². The molecular formula is C32H42N4O4S. The summed E-state index contributed by atoms with van der Waals surface area (Å²) in [7, 11) is -1.16. The average molecular weight is 579 g/mol. The Hall–Kier alpha value is -3.69. The molecule has 0 aliphatic carbocycles.